The van der Waals surface area contributed by atoms with Crippen molar-refractivity contribution in [2.24, 2.45) is 0 Å². The third-order valence-corrected chi connectivity index (χ3v) is 7.70. The van der Waals surface area contributed by atoms with Gasteiger partial charge in [0.1, 0.15) is 0 Å². The highest BCUT2D eigenvalue weighted by molar-refractivity contribution is 6.06. The van der Waals surface area contributed by atoms with Crippen molar-refractivity contribution in [1.29, 1.82) is 0 Å². The number of fused-ring (bicyclic) bond motifs is 5. The summed E-state index contributed by atoms with van der Waals surface area (Å²) >= 11 is 0. The van der Waals surface area contributed by atoms with E-state index >= 15 is 0 Å². The summed E-state index contributed by atoms with van der Waals surface area (Å²) in [5.41, 5.74) is 12.3. The molecule has 5 aromatic carbocycles. The van der Waals surface area contributed by atoms with Crippen LogP contribution < -0.4 is 4.90 Å². The largest absolute Gasteiger partial charge is 0.309 e. The number of benzene rings is 5. The van der Waals surface area contributed by atoms with Crippen molar-refractivity contribution >= 4 is 27.8 Å². The number of nitrogens with zero attached hydrogens (tertiary/aromatic N) is 1. The molecule has 5 aromatic rings. The van der Waals surface area contributed by atoms with E-state index in [9.17, 15) is 0 Å². The van der Waals surface area contributed by atoms with Crippen LogP contribution in [-0.2, 0) is 6.42 Å². The molecule has 168 valence electrons. The van der Waals surface area contributed by atoms with Gasteiger partial charge < -0.3 is 4.90 Å². The molecule has 0 bridgehead atoms. The first kappa shape index (κ1) is 20.3. The topological polar surface area (TPSA) is 3.24 Å². The number of hydrogen-bond donors (Lipinski definition) is 0. The minimum absolute atomic E-state index is 0.251. The SMILES string of the molecule is Cc1ccc(N2C3=C(CCc4ccccc43)C(c3ccccc3)c3ccc4ccccc4c32)cc1. The molecule has 1 aliphatic carbocycles. The Kier molecular flexibility index (Phi) is 4.63. The van der Waals surface area contributed by atoms with Crippen molar-refractivity contribution < 1.29 is 0 Å². The lowest BCUT2D eigenvalue weighted by Gasteiger charge is -2.43. The summed E-state index contributed by atoms with van der Waals surface area (Å²) in [7, 11) is 0. The second kappa shape index (κ2) is 7.99. The zero-order valence-electron chi connectivity index (χ0n) is 19.9. The number of aryl methyl sites for hydroxylation is 2. The van der Waals surface area contributed by atoms with Crippen LogP contribution in [0.3, 0.4) is 0 Å². The maximum atomic E-state index is 2.56. The lowest BCUT2D eigenvalue weighted by atomic mass is 9.73. The lowest BCUT2D eigenvalue weighted by Crippen LogP contribution is -2.29. The third kappa shape index (κ3) is 3.15. The van der Waals surface area contributed by atoms with Crippen molar-refractivity contribution in [3.05, 3.63) is 149 Å². The first-order valence-electron chi connectivity index (χ1n) is 12.5. The Labute approximate surface area is 207 Å². The molecule has 2 aliphatic rings. The molecular weight excluding hydrogens is 422 g/mol. The van der Waals surface area contributed by atoms with E-state index in [0.29, 0.717) is 0 Å². The number of anilines is 2. The normalized spacial score (nSPS) is 16.6. The Hall–Kier alpha value is -4.10. The van der Waals surface area contributed by atoms with Crippen LogP contribution in [0.25, 0.3) is 16.5 Å². The highest BCUT2D eigenvalue weighted by Gasteiger charge is 2.38. The molecule has 35 heavy (non-hydrogen) atoms. The van der Waals surface area contributed by atoms with Gasteiger partial charge in [0, 0.05) is 22.6 Å². The van der Waals surface area contributed by atoms with Gasteiger partial charge in [-0.3, -0.25) is 0 Å². The van der Waals surface area contributed by atoms with Crippen LogP contribution in [0.1, 0.15) is 40.2 Å². The lowest BCUT2D eigenvalue weighted by molar-refractivity contribution is 0.795. The van der Waals surface area contributed by atoms with Crippen LogP contribution in [0.5, 0.6) is 0 Å². The van der Waals surface area contributed by atoms with E-state index in [-0.39, 0.29) is 5.92 Å². The quantitative estimate of drug-likeness (QED) is 0.260. The Morgan fingerprint density at radius 1 is 0.657 bits per heavy atom. The van der Waals surface area contributed by atoms with Crippen LogP contribution in [0, 0.1) is 6.92 Å². The fraction of sp³-hybridized carbons (Fsp3) is 0.118. The first-order chi connectivity index (χ1) is 17.3. The maximum Gasteiger partial charge on any atom is 0.0581 e. The van der Waals surface area contributed by atoms with Gasteiger partial charge in [-0.15, -0.1) is 0 Å². The monoisotopic (exact) mass is 449 g/mol. The Morgan fingerprint density at radius 3 is 2.26 bits per heavy atom. The van der Waals surface area contributed by atoms with Gasteiger partial charge in [0.05, 0.1) is 11.4 Å². The fourth-order valence-electron chi connectivity index (χ4n) is 6.11. The molecule has 1 heterocycles. The van der Waals surface area contributed by atoms with E-state index < -0.39 is 0 Å². The summed E-state index contributed by atoms with van der Waals surface area (Å²) in [5, 5.41) is 2.59. The molecule has 0 spiro atoms. The number of hydrogen-bond acceptors (Lipinski definition) is 1. The number of rotatable bonds is 2. The maximum absolute atomic E-state index is 2.56. The Morgan fingerprint density at radius 2 is 1.40 bits per heavy atom. The highest BCUT2D eigenvalue weighted by atomic mass is 15.2. The van der Waals surface area contributed by atoms with Crippen molar-refractivity contribution in [3.8, 4) is 0 Å². The Bertz CT molecular complexity index is 1590. The van der Waals surface area contributed by atoms with Gasteiger partial charge in [0.25, 0.3) is 0 Å². The molecule has 1 atom stereocenters. The average molecular weight is 450 g/mol. The summed E-state index contributed by atoms with van der Waals surface area (Å²) in [6.07, 6.45) is 2.16. The molecule has 1 unspecified atom stereocenters. The van der Waals surface area contributed by atoms with E-state index in [4.69, 9.17) is 0 Å². The van der Waals surface area contributed by atoms with Gasteiger partial charge in [-0.05, 0) is 59.5 Å². The molecule has 7 rings (SSSR count). The van der Waals surface area contributed by atoms with Crippen molar-refractivity contribution in [2.75, 3.05) is 4.90 Å². The van der Waals surface area contributed by atoms with Crippen LogP contribution in [-0.4, -0.2) is 0 Å². The second-order valence-electron chi connectivity index (χ2n) is 9.77. The highest BCUT2D eigenvalue weighted by Crippen LogP contribution is 2.55. The van der Waals surface area contributed by atoms with Gasteiger partial charge in [-0.2, -0.15) is 0 Å². The second-order valence-corrected chi connectivity index (χ2v) is 9.77. The molecule has 0 fully saturated rings. The predicted molar refractivity (Wildman–Crippen MR) is 147 cm³/mol. The average Bonchev–Trinajstić information content (AvgIpc) is 2.92. The van der Waals surface area contributed by atoms with E-state index in [1.54, 1.807) is 0 Å². The van der Waals surface area contributed by atoms with E-state index in [0.717, 1.165) is 12.8 Å². The van der Waals surface area contributed by atoms with Crippen molar-refractivity contribution in [1.82, 2.24) is 0 Å². The minimum atomic E-state index is 0.251. The molecule has 0 amide bonds. The summed E-state index contributed by atoms with van der Waals surface area (Å²) in [6.45, 7) is 2.16. The van der Waals surface area contributed by atoms with Crippen molar-refractivity contribution in [2.45, 2.75) is 25.7 Å². The zero-order chi connectivity index (χ0) is 23.4. The molecular formula is C34H27N. The first-order valence-corrected chi connectivity index (χ1v) is 12.5. The summed E-state index contributed by atoms with van der Waals surface area (Å²) < 4.78 is 0. The predicted octanol–water partition coefficient (Wildman–Crippen LogP) is 8.79. The van der Waals surface area contributed by atoms with Crippen molar-refractivity contribution in [3.63, 3.8) is 0 Å². The zero-order valence-corrected chi connectivity index (χ0v) is 19.9. The van der Waals surface area contributed by atoms with Gasteiger partial charge in [-0.25, -0.2) is 0 Å². The molecule has 0 saturated carbocycles. The van der Waals surface area contributed by atoms with E-state index in [1.165, 1.54) is 61.2 Å². The van der Waals surface area contributed by atoms with Crippen LogP contribution >= 0.6 is 0 Å². The van der Waals surface area contributed by atoms with Crippen LogP contribution in [0.2, 0.25) is 0 Å². The molecule has 1 nitrogen and oxygen atoms in total. The molecule has 1 heteroatoms. The summed E-state index contributed by atoms with van der Waals surface area (Å²) in [5.74, 6) is 0.251. The fourth-order valence-corrected chi connectivity index (χ4v) is 6.11. The van der Waals surface area contributed by atoms with E-state index in [1.807, 2.05) is 0 Å². The van der Waals surface area contributed by atoms with Gasteiger partial charge >= 0.3 is 0 Å². The van der Waals surface area contributed by atoms with Crippen LogP contribution in [0.4, 0.5) is 11.4 Å². The molecule has 1 aliphatic heterocycles. The van der Waals surface area contributed by atoms with Gasteiger partial charge in [0.2, 0.25) is 0 Å². The van der Waals surface area contributed by atoms with Crippen LogP contribution in [0.15, 0.2) is 121 Å². The standard InChI is InChI=1S/C34H27N/c1-23-15-19-27(20-16-23)35-33-28-13-7-5-9-24(28)17-21-30(33)32(26-11-3-2-4-12-26)31-22-18-25-10-6-8-14-29(25)34(31)35/h2-17,19-21,32H,18,22H2,1H3. The minimum Gasteiger partial charge on any atom is -0.309 e. The van der Waals surface area contributed by atoms with E-state index in [2.05, 4.69) is 127 Å². The molecule has 0 saturated heterocycles. The molecule has 0 aromatic heterocycles. The molecule has 0 radical (unpaired) electrons. The smallest absolute Gasteiger partial charge is 0.0581 e. The van der Waals surface area contributed by atoms with Gasteiger partial charge in [0.15, 0.2) is 0 Å². The van der Waals surface area contributed by atoms with Gasteiger partial charge in [-0.1, -0.05) is 109 Å². The molecule has 0 N–H and O–H groups in total. The Balaban J connectivity index is 1.62. The summed E-state index contributed by atoms with van der Waals surface area (Å²) in [6, 6.07) is 42.6. The number of allylic oxidation sites excluding steroid dienone is 1. The summed E-state index contributed by atoms with van der Waals surface area (Å²) in [4.78, 5) is 2.56. The third-order valence-electron chi connectivity index (χ3n) is 7.70.